The molecule has 4 aromatic rings. The molecule has 1 aliphatic carbocycles. The largest absolute Gasteiger partial charge is 0.478 e. The van der Waals surface area contributed by atoms with E-state index in [-0.39, 0.29) is 22.8 Å². The molecule has 0 aliphatic heterocycles. The fourth-order valence-electron chi connectivity index (χ4n) is 4.11. The molecule has 0 fully saturated rings. The van der Waals surface area contributed by atoms with Crippen molar-refractivity contribution in [1.29, 1.82) is 0 Å². The van der Waals surface area contributed by atoms with E-state index in [0.717, 1.165) is 36.1 Å². The van der Waals surface area contributed by atoms with Crippen molar-refractivity contribution in [2.75, 3.05) is 11.1 Å². The minimum absolute atomic E-state index is 0.0521. The molecule has 0 bridgehead atoms. The molecule has 7 nitrogen and oxygen atoms in total. The predicted molar refractivity (Wildman–Crippen MR) is 135 cm³/mol. The molecule has 9 heteroatoms. The zero-order valence-corrected chi connectivity index (χ0v) is 19.7. The van der Waals surface area contributed by atoms with Gasteiger partial charge in [0.25, 0.3) is 5.56 Å². The number of benzene rings is 2. The predicted octanol–water partition coefficient (Wildman–Crippen LogP) is 4.76. The van der Waals surface area contributed by atoms with Crippen molar-refractivity contribution in [3.05, 3.63) is 81.0 Å². The lowest BCUT2D eigenvalue weighted by atomic mass is 9.97. The van der Waals surface area contributed by atoms with Crippen LogP contribution in [-0.2, 0) is 17.6 Å². The van der Waals surface area contributed by atoms with E-state index < -0.39 is 5.97 Å². The lowest BCUT2D eigenvalue weighted by Crippen LogP contribution is -2.23. The fraction of sp³-hybridized carbons (Fsp3) is 0.200. The number of para-hydroxylation sites is 1. The van der Waals surface area contributed by atoms with Crippen molar-refractivity contribution >= 4 is 50.9 Å². The van der Waals surface area contributed by atoms with Gasteiger partial charge in [0, 0.05) is 10.6 Å². The normalized spacial score (nSPS) is 12.9. The van der Waals surface area contributed by atoms with Gasteiger partial charge in [0.2, 0.25) is 5.91 Å². The molecule has 2 aromatic heterocycles. The molecular weight excluding hydrogens is 470 g/mol. The molecule has 1 aliphatic rings. The Hall–Kier alpha value is -3.43. The van der Waals surface area contributed by atoms with E-state index in [4.69, 9.17) is 10.1 Å². The molecule has 2 N–H and O–H groups in total. The van der Waals surface area contributed by atoms with Gasteiger partial charge in [0.05, 0.1) is 22.4 Å². The number of aromatic carboxylic acids is 1. The Labute approximate surface area is 203 Å². The lowest BCUT2D eigenvalue weighted by Gasteiger charge is -2.13. The molecular formula is C25H21N3O4S2. The maximum absolute atomic E-state index is 13.7. The number of nitrogens with zero attached hydrogens (tertiary/aromatic N) is 2. The summed E-state index contributed by atoms with van der Waals surface area (Å²) in [5.74, 6) is -1.24. The van der Waals surface area contributed by atoms with Crippen LogP contribution in [0.2, 0.25) is 0 Å². The van der Waals surface area contributed by atoms with Gasteiger partial charge >= 0.3 is 5.97 Å². The minimum Gasteiger partial charge on any atom is -0.478 e. The van der Waals surface area contributed by atoms with Crippen molar-refractivity contribution in [2.24, 2.45) is 0 Å². The zero-order valence-electron chi connectivity index (χ0n) is 18.1. The Balaban J connectivity index is 1.45. The molecule has 2 aromatic carbocycles. The number of carboxylic acids is 1. The number of carbonyl (C=O) groups excluding carboxylic acids is 1. The van der Waals surface area contributed by atoms with Crippen LogP contribution in [0.4, 0.5) is 5.69 Å². The third kappa shape index (κ3) is 4.36. The van der Waals surface area contributed by atoms with Crippen molar-refractivity contribution in [3.8, 4) is 5.69 Å². The van der Waals surface area contributed by atoms with Gasteiger partial charge in [0.15, 0.2) is 5.16 Å². The second-order valence-electron chi connectivity index (χ2n) is 7.98. The Morgan fingerprint density at radius 2 is 1.79 bits per heavy atom. The van der Waals surface area contributed by atoms with Gasteiger partial charge in [-0.3, -0.25) is 14.2 Å². The number of thioether (sulfide) groups is 1. The van der Waals surface area contributed by atoms with Gasteiger partial charge in [-0.15, -0.1) is 11.3 Å². The summed E-state index contributed by atoms with van der Waals surface area (Å²) in [6, 6.07) is 15.3. The minimum atomic E-state index is -1.02. The molecule has 34 heavy (non-hydrogen) atoms. The van der Waals surface area contributed by atoms with Crippen LogP contribution < -0.4 is 10.9 Å². The molecule has 1 amide bonds. The number of carboxylic acid groups (broad SMARTS) is 1. The van der Waals surface area contributed by atoms with E-state index in [1.165, 1.54) is 28.8 Å². The first-order valence-corrected chi connectivity index (χ1v) is 12.7. The van der Waals surface area contributed by atoms with Gasteiger partial charge < -0.3 is 10.4 Å². The molecule has 2 heterocycles. The number of nitrogens with one attached hydrogen (secondary N) is 1. The monoisotopic (exact) mass is 491 g/mol. The quantitative estimate of drug-likeness (QED) is 0.298. The highest BCUT2D eigenvalue weighted by Crippen LogP contribution is 2.35. The van der Waals surface area contributed by atoms with Crippen LogP contribution in [0.1, 0.15) is 33.6 Å². The standard InChI is InChI=1S/C25H21N3O4S2/c29-20(26-16-12-10-15(11-13-16)24(31)32)14-33-25-27-22-21(18-8-4-5-9-19(18)34-22)23(30)28(25)17-6-2-1-3-7-17/h1-3,6-7,10-13H,4-5,8-9,14H2,(H,26,29)(H,31,32). The highest BCUT2D eigenvalue weighted by Gasteiger charge is 2.23. The van der Waals surface area contributed by atoms with Crippen molar-refractivity contribution in [1.82, 2.24) is 9.55 Å². The van der Waals surface area contributed by atoms with E-state index in [1.54, 1.807) is 28.0 Å². The highest BCUT2D eigenvalue weighted by atomic mass is 32.2. The Bertz CT molecular complexity index is 1440. The summed E-state index contributed by atoms with van der Waals surface area (Å²) in [5.41, 5.74) is 2.40. The van der Waals surface area contributed by atoms with Crippen molar-refractivity contribution in [2.45, 2.75) is 30.8 Å². The topological polar surface area (TPSA) is 101 Å². The summed E-state index contributed by atoms with van der Waals surface area (Å²) in [5, 5.41) is 13.0. The first-order chi connectivity index (χ1) is 16.5. The zero-order chi connectivity index (χ0) is 23.7. The number of anilines is 1. The second kappa shape index (κ2) is 9.44. The number of aryl methyl sites for hydroxylation is 2. The van der Waals surface area contributed by atoms with E-state index in [0.29, 0.717) is 21.9 Å². The van der Waals surface area contributed by atoms with Crippen LogP contribution in [0.5, 0.6) is 0 Å². The SMILES string of the molecule is O=C(CSc1nc2sc3c(c2c(=O)n1-c1ccccc1)CCCC3)Nc1ccc(C(=O)O)cc1. The fourth-order valence-corrected chi connectivity index (χ4v) is 6.23. The Kier molecular flexibility index (Phi) is 6.21. The molecule has 0 radical (unpaired) electrons. The average Bonchev–Trinajstić information content (AvgIpc) is 3.22. The molecule has 172 valence electrons. The van der Waals surface area contributed by atoms with Gasteiger partial charge in [-0.25, -0.2) is 9.78 Å². The van der Waals surface area contributed by atoms with Crippen LogP contribution in [0.3, 0.4) is 0 Å². The summed E-state index contributed by atoms with van der Waals surface area (Å²) in [6.45, 7) is 0. The maximum atomic E-state index is 13.7. The smallest absolute Gasteiger partial charge is 0.335 e. The third-order valence-electron chi connectivity index (χ3n) is 5.72. The molecule has 0 unspecified atom stereocenters. The van der Waals surface area contributed by atoms with Crippen molar-refractivity contribution in [3.63, 3.8) is 0 Å². The number of fused-ring (bicyclic) bond motifs is 3. The second-order valence-corrected chi connectivity index (χ2v) is 10.0. The van der Waals surface area contributed by atoms with Crippen LogP contribution in [0.25, 0.3) is 15.9 Å². The molecule has 0 saturated carbocycles. The Morgan fingerprint density at radius 1 is 1.06 bits per heavy atom. The molecule has 5 rings (SSSR count). The number of hydrogen-bond donors (Lipinski definition) is 2. The molecule has 0 atom stereocenters. The number of carbonyl (C=O) groups is 2. The highest BCUT2D eigenvalue weighted by molar-refractivity contribution is 7.99. The first kappa shape index (κ1) is 22.4. The number of aromatic nitrogens is 2. The number of amides is 1. The number of rotatable bonds is 6. The third-order valence-corrected chi connectivity index (χ3v) is 7.84. The van der Waals surface area contributed by atoms with Gasteiger partial charge in [0.1, 0.15) is 4.83 Å². The number of hydrogen-bond acceptors (Lipinski definition) is 6. The summed E-state index contributed by atoms with van der Waals surface area (Å²) in [4.78, 5) is 44.1. The van der Waals surface area contributed by atoms with Gasteiger partial charge in [-0.2, -0.15) is 0 Å². The molecule has 0 saturated heterocycles. The first-order valence-electron chi connectivity index (χ1n) is 10.9. The Morgan fingerprint density at radius 3 is 2.53 bits per heavy atom. The summed E-state index contributed by atoms with van der Waals surface area (Å²) in [6.07, 6.45) is 4.08. The van der Waals surface area contributed by atoms with E-state index in [1.807, 2.05) is 30.3 Å². The molecule has 0 spiro atoms. The van der Waals surface area contributed by atoms with E-state index >= 15 is 0 Å². The van der Waals surface area contributed by atoms with Crippen LogP contribution in [0, 0.1) is 0 Å². The lowest BCUT2D eigenvalue weighted by molar-refractivity contribution is -0.113. The number of thiophene rings is 1. The van der Waals surface area contributed by atoms with Crippen molar-refractivity contribution < 1.29 is 14.7 Å². The average molecular weight is 492 g/mol. The van der Waals surface area contributed by atoms with Gasteiger partial charge in [-0.1, -0.05) is 30.0 Å². The maximum Gasteiger partial charge on any atom is 0.335 e. The summed E-state index contributed by atoms with van der Waals surface area (Å²) < 4.78 is 1.60. The van der Waals surface area contributed by atoms with Crippen LogP contribution in [-0.4, -0.2) is 32.3 Å². The van der Waals surface area contributed by atoms with Crippen LogP contribution in [0.15, 0.2) is 64.5 Å². The van der Waals surface area contributed by atoms with E-state index in [2.05, 4.69) is 5.32 Å². The van der Waals surface area contributed by atoms with Crippen LogP contribution >= 0.6 is 23.1 Å². The summed E-state index contributed by atoms with van der Waals surface area (Å²) >= 11 is 2.79. The summed E-state index contributed by atoms with van der Waals surface area (Å²) in [7, 11) is 0. The van der Waals surface area contributed by atoms with Gasteiger partial charge in [-0.05, 0) is 67.6 Å². The van der Waals surface area contributed by atoms with E-state index in [9.17, 15) is 14.4 Å².